The van der Waals surface area contributed by atoms with Crippen molar-refractivity contribution in [2.75, 3.05) is 13.1 Å². The van der Waals surface area contributed by atoms with E-state index in [-0.39, 0.29) is 6.03 Å². The van der Waals surface area contributed by atoms with Crippen molar-refractivity contribution >= 4 is 17.4 Å². The Bertz CT molecular complexity index is 694. The summed E-state index contributed by atoms with van der Waals surface area (Å²) in [6.07, 6.45) is 7.59. The van der Waals surface area contributed by atoms with Crippen molar-refractivity contribution in [3.63, 3.8) is 0 Å². The van der Waals surface area contributed by atoms with Gasteiger partial charge in [0, 0.05) is 36.5 Å². The largest absolute Gasteiger partial charge is 0.339 e. The highest BCUT2D eigenvalue weighted by atomic mass is 32.1. The van der Waals surface area contributed by atoms with Gasteiger partial charge in [0.1, 0.15) is 0 Å². The maximum absolute atomic E-state index is 12.5. The van der Waals surface area contributed by atoms with Crippen LogP contribution in [-0.4, -0.2) is 40.2 Å². The second kappa shape index (κ2) is 7.56. The number of carbonyl (C=O) groups excluding carboxylic acids is 1. The topological polar surface area (TPSA) is 71.3 Å². The molecule has 1 aliphatic carbocycles. The van der Waals surface area contributed by atoms with Gasteiger partial charge in [0.25, 0.3) is 0 Å². The molecule has 6 nitrogen and oxygen atoms in total. The molecule has 2 fully saturated rings. The van der Waals surface area contributed by atoms with Gasteiger partial charge in [-0.05, 0) is 43.0 Å². The second-order valence-corrected chi connectivity index (χ2v) is 7.89. The highest BCUT2D eigenvalue weighted by molar-refractivity contribution is 7.08. The number of urea groups is 1. The van der Waals surface area contributed by atoms with Gasteiger partial charge < -0.3 is 14.7 Å². The van der Waals surface area contributed by atoms with Crippen LogP contribution in [0.2, 0.25) is 0 Å². The van der Waals surface area contributed by atoms with E-state index in [0.29, 0.717) is 23.7 Å². The number of nitrogens with one attached hydrogen (secondary N) is 1. The molecule has 1 atom stereocenters. The van der Waals surface area contributed by atoms with Crippen LogP contribution in [-0.2, 0) is 6.42 Å². The minimum absolute atomic E-state index is 0.0982. The number of amides is 2. The van der Waals surface area contributed by atoms with Crippen molar-refractivity contribution < 1.29 is 9.32 Å². The van der Waals surface area contributed by atoms with E-state index in [4.69, 9.17) is 4.52 Å². The normalized spacial score (nSPS) is 21.6. The third kappa shape index (κ3) is 4.03. The molecule has 0 spiro atoms. The first-order valence-electron chi connectivity index (χ1n) is 9.18. The van der Waals surface area contributed by atoms with E-state index in [9.17, 15) is 4.79 Å². The molecule has 2 aromatic rings. The fraction of sp³-hybridized carbons (Fsp3) is 0.611. The highest BCUT2D eigenvalue weighted by Gasteiger charge is 2.27. The zero-order valence-electron chi connectivity index (χ0n) is 14.3. The van der Waals surface area contributed by atoms with E-state index in [2.05, 4.69) is 15.5 Å². The van der Waals surface area contributed by atoms with Crippen molar-refractivity contribution in [3.05, 3.63) is 22.7 Å². The van der Waals surface area contributed by atoms with Gasteiger partial charge in [-0.2, -0.15) is 16.3 Å². The smallest absolute Gasteiger partial charge is 0.317 e. The number of hydrogen-bond acceptors (Lipinski definition) is 5. The van der Waals surface area contributed by atoms with E-state index in [1.165, 1.54) is 12.8 Å². The molecular formula is C18H24N4O2S. The molecule has 134 valence electrons. The maximum atomic E-state index is 12.5. The zero-order valence-corrected chi connectivity index (χ0v) is 15.1. The Balaban J connectivity index is 1.32. The number of piperidine rings is 1. The van der Waals surface area contributed by atoms with Gasteiger partial charge in [0.2, 0.25) is 11.7 Å². The molecule has 0 aromatic carbocycles. The molecular weight excluding hydrogens is 336 g/mol. The Kier molecular flexibility index (Phi) is 5.01. The van der Waals surface area contributed by atoms with Gasteiger partial charge in [0.05, 0.1) is 0 Å². The van der Waals surface area contributed by atoms with Crippen LogP contribution in [0.25, 0.3) is 11.4 Å². The molecule has 0 radical (unpaired) electrons. The third-order valence-corrected chi connectivity index (χ3v) is 5.88. The minimum Gasteiger partial charge on any atom is -0.339 e. The molecule has 1 saturated carbocycles. The first-order chi connectivity index (χ1) is 12.3. The molecule has 1 saturated heterocycles. The predicted molar refractivity (Wildman–Crippen MR) is 96.4 cm³/mol. The second-order valence-electron chi connectivity index (χ2n) is 7.11. The minimum atomic E-state index is 0.0982. The summed E-state index contributed by atoms with van der Waals surface area (Å²) in [6, 6.07) is 2.47. The monoisotopic (exact) mass is 360 g/mol. The summed E-state index contributed by atoms with van der Waals surface area (Å²) in [4.78, 5) is 18.9. The highest BCUT2D eigenvalue weighted by Crippen LogP contribution is 2.24. The average Bonchev–Trinajstić information content (AvgIpc) is 3.37. The zero-order chi connectivity index (χ0) is 17.1. The molecule has 1 N–H and O–H groups in total. The average molecular weight is 360 g/mol. The van der Waals surface area contributed by atoms with Crippen LogP contribution in [0.3, 0.4) is 0 Å². The fourth-order valence-electron chi connectivity index (χ4n) is 3.85. The standard InChI is InChI=1S/C18H24N4O2S/c23-18(19-15-5-1-2-6-15)22-8-3-4-13(11-22)10-16-20-17(21-24-16)14-7-9-25-12-14/h7,9,12-13,15H,1-6,8,10-11H2,(H,19,23). The summed E-state index contributed by atoms with van der Waals surface area (Å²) in [7, 11) is 0. The molecule has 2 amide bonds. The van der Waals surface area contributed by atoms with E-state index < -0.39 is 0 Å². The number of carbonyl (C=O) groups is 1. The Morgan fingerprint density at radius 2 is 2.20 bits per heavy atom. The summed E-state index contributed by atoms with van der Waals surface area (Å²) >= 11 is 1.62. The van der Waals surface area contributed by atoms with Crippen LogP contribution in [0.1, 0.15) is 44.4 Å². The van der Waals surface area contributed by atoms with Crippen molar-refractivity contribution in [1.82, 2.24) is 20.4 Å². The van der Waals surface area contributed by atoms with Crippen molar-refractivity contribution in [2.24, 2.45) is 5.92 Å². The SMILES string of the molecule is O=C(NC1CCCC1)N1CCCC(Cc2nc(-c3ccsc3)no2)C1. The lowest BCUT2D eigenvalue weighted by molar-refractivity contribution is 0.158. The molecule has 3 heterocycles. The van der Waals surface area contributed by atoms with E-state index in [1.807, 2.05) is 21.7 Å². The van der Waals surface area contributed by atoms with Crippen LogP contribution >= 0.6 is 11.3 Å². The maximum Gasteiger partial charge on any atom is 0.317 e. The van der Waals surface area contributed by atoms with Crippen LogP contribution in [0.4, 0.5) is 4.79 Å². The van der Waals surface area contributed by atoms with Crippen LogP contribution in [0, 0.1) is 5.92 Å². The summed E-state index contributed by atoms with van der Waals surface area (Å²) in [6.45, 7) is 1.62. The lowest BCUT2D eigenvalue weighted by Crippen LogP contribution is -2.48. The van der Waals surface area contributed by atoms with Gasteiger partial charge in [-0.3, -0.25) is 0 Å². The van der Waals surface area contributed by atoms with Crippen molar-refractivity contribution in [2.45, 2.75) is 51.0 Å². The quantitative estimate of drug-likeness (QED) is 0.902. The molecule has 1 unspecified atom stereocenters. The number of likely N-dealkylation sites (tertiary alicyclic amines) is 1. The van der Waals surface area contributed by atoms with E-state index >= 15 is 0 Å². The fourth-order valence-corrected chi connectivity index (χ4v) is 4.48. The van der Waals surface area contributed by atoms with Crippen molar-refractivity contribution in [3.8, 4) is 11.4 Å². The van der Waals surface area contributed by atoms with Gasteiger partial charge in [-0.1, -0.05) is 18.0 Å². The first kappa shape index (κ1) is 16.6. The predicted octanol–water partition coefficient (Wildman–Crippen LogP) is 3.70. The molecule has 4 rings (SSSR count). The lowest BCUT2D eigenvalue weighted by atomic mass is 9.95. The van der Waals surface area contributed by atoms with E-state index in [0.717, 1.165) is 50.8 Å². The molecule has 2 aliphatic rings. The molecule has 7 heteroatoms. The first-order valence-corrected chi connectivity index (χ1v) is 10.1. The molecule has 2 aromatic heterocycles. The number of aromatic nitrogens is 2. The summed E-state index contributed by atoms with van der Waals surface area (Å²) in [5.74, 6) is 1.71. The number of hydrogen-bond donors (Lipinski definition) is 1. The van der Waals surface area contributed by atoms with Crippen LogP contribution in [0.5, 0.6) is 0 Å². The molecule has 0 bridgehead atoms. The summed E-state index contributed by atoms with van der Waals surface area (Å²) in [5.41, 5.74) is 1.00. The van der Waals surface area contributed by atoms with Gasteiger partial charge >= 0.3 is 6.03 Å². The summed E-state index contributed by atoms with van der Waals surface area (Å²) < 4.78 is 5.42. The molecule has 1 aliphatic heterocycles. The Labute approximate surface area is 151 Å². The van der Waals surface area contributed by atoms with Crippen LogP contribution in [0.15, 0.2) is 21.3 Å². The number of rotatable bonds is 4. The molecule has 25 heavy (non-hydrogen) atoms. The van der Waals surface area contributed by atoms with Crippen molar-refractivity contribution in [1.29, 1.82) is 0 Å². The van der Waals surface area contributed by atoms with Gasteiger partial charge in [-0.15, -0.1) is 0 Å². The number of thiophene rings is 1. The van der Waals surface area contributed by atoms with Gasteiger partial charge in [0.15, 0.2) is 0 Å². The summed E-state index contributed by atoms with van der Waals surface area (Å²) in [5, 5.41) is 11.3. The van der Waals surface area contributed by atoms with Gasteiger partial charge in [-0.25, -0.2) is 4.79 Å². The Hall–Kier alpha value is -1.89. The third-order valence-electron chi connectivity index (χ3n) is 5.20. The number of nitrogens with zero attached hydrogens (tertiary/aromatic N) is 3. The lowest BCUT2D eigenvalue weighted by Gasteiger charge is -2.33. The van der Waals surface area contributed by atoms with E-state index in [1.54, 1.807) is 11.3 Å². The van der Waals surface area contributed by atoms with Crippen LogP contribution < -0.4 is 5.32 Å². The Morgan fingerprint density at radius 1 is 1.32 bits per heavy atom. The Morgan fingerprint density at radius 3 is 3.00 bits per heavy atom.